The standard InChI is InChI=1S/C41H26N4S2/c1-2-8-35-30(7-1)25-31(26-42-35)27-13-19-32(20-14-27)45(33-21-15-28(16-22-33)40-43-36-9-3-5-11-38(36)46-40)34-23-17-29(18-24-34)41-44-37-10-4-6-12-39(37)47-41/h1-26H. The molecule has 0 bridgehead atoms. The van der Waals surface area contributed by atoms with Crippen LogP contribution in [0.1, 0.15) is 0 Å². The number of aromatic nitrogens is 3. The molecule has 6 aromatic carbocycles. The molecule has 0 N–H and O–H groups in total. The third-order valence-corrected chi connectivity index (χ3v) is 10.6. The quantitative estimate of drug-likeness (QED) is 0.182. The largest absolute Gasteiger partial charge is 0.311 e. The van der Waals surface area contributed by atoms with Gasteiger partial charge in [0.25, 0.3) is 0 Å². The Morgan fingerprint density at radius 3 is 1.36 bits per heavy atom. The topological polar surface area (TPSA) is 41.9 Å². The van der Waals surface area contributed by atoms with E-state index in [0.29, 0.717) is 0 Å². The van der Waals surface area contributed by atoms with Gasteiger partial charge in [-0.1, -0.05) is 54.6 Å². The summed E-state index contributed by atoms with van der Waals surface area (Å²) in [5.41, 5.74) is 10.7. The van der Waals surface area contributed by atoms with Crippen LogP contribution in [0.25, 0.3) is 63.6 Å². The van der Waals surface area contributed by atoms with Crippen molar-refractivity contribution in [1.82, 2.24) is 15.0 Å². The van der Waals surface area contributed by atoms with Crippen LogP contribution in [-0.4, -0.2) is 15.0 Å². The fourth-order valence-corrected chi connectivity index (χ4v) is 7.92. The second kappa shape index (κ2) is 11.6. The van der Waals surface area contributed by atoms with Gasteiger partial charge in [0.15, 0.2) is 0 Å². The smallest absolute Gasteiger partial charge is 0.124 e. The van der Waals surface area contributed by atoms with Crippen LogP contribution in [-0.2, 0) is 0 Å². The number of benzene rings is 6. The second-order valence-electron chi connectivity index (χ2n) is 11.4. The molecule has 47 heavy (non-hydrogen) atoms. The van der Waals surface area contributed by atoms with Crippen LogP contribution >= 0.6 is 22.7 Å². The van der Waals surface area contributed by atoms with Gasteiger partial charge in [0.1, 0.15) is 10.0 Å². The lowest BCUT2D eigenvalue weighted by Gasteiger charge is -2.26. The average molecular weight is 639 g/mol. The molecule has 0 saturated carbocycles. The highest BCUT2D eigenvalue weighted by Crippen LogP contribution is 2.39. The van der Waals surface area contributed by atoms with Gasteiger partial charge in [-0.2, -0.15) is 0 Å². The van der Waals surface area contributed by atoms with Gasteiger partial charge in [-0.3, -0.25) is 4.98 Å². The zero-order valence-electron chi connectivity index (χ0n) is 25.1. The van der Waals surface area contributed by atoms with E-state index in [2.05, 4.69) is 137 Å². The molecule has 0 amide bonds. The van der Waals surface area contributed by atoms with E-state index in [1.807, 2.05) is 30.5 Å². The van der Waals surface area contributed by atoms with Crippen LogP contribution in [0, 0.1) is 0 Å². The van der Waals surface area contributed by atoms with Crippen molar-refractivity contribution in [1.29, 1.82) is 0 Å². The zero-order valence-corrected chi connectivity index (χ0v) is 26.7. The molecule has 0 aliphatic carbocycles. The van der Waals surface area contributed by atoms with Gasteiger partial charge < -0.3 is 4.90 Å². The number of pyridine rings is 1. The predicted molar refractivity (Wildman–Crippen MR) is 199 cm³/mol. The summed E-state index contributed by atoms with van der Waals surface area (Å²) in [7, 11) is 0. The lowest BCUT2D eigenvalue weighted by atomic mass is 10.0. The van der Waals surface area contributed by atoms with Gasteiger partial charge in [0.2, 0.25) is 0 Å². The van der Waals surface area contributed by atoms with Gasteiger partial charge in [-0.15, -0.1) is 22.7 Å². The van der Waals surface area contributed by atoms with Crippen LogP contribution in [0.4, 0.5) is 17.1 Å². The number of rotatable bonds is 6. The predicted octanol–water partition coefficient (Wildman–Crippen LogP) is 11.9. The fraction of sp³-hybridized carbons (Fsp3) is 0. The Labute approximate surface area is 279 Å². The summed E-state index contributed by atoms with van der Waals surface area (Å²) in [6.45, 7) is 0. The van der Waals surface area contributed by atoms with Gasteiger partial charge in [0, 0.05) is 45.3 Å². The number of fused-ring (bicyclic) bond motifs is 3. The lowest BCUT2D eigenvalue weighted by Crippen LogP contribution is -2.09. The number of anilines is 3. The molecular formula is C41H26N4S2. The molecule has 9 rings (SSSR count). The van der Waals surface area contributed by atoms with E-state index >= 15 is 0 Å². The van der Waals surface area contributed by atoms with Crippen molar-refractivity contribution in [2.75, 3.05) is 4.90 Å². The van der Waals surface area contributed by atoms with Crippen molar-refractivity contribution >= 4 is 71.1 Å². The van der Waals surface area contributed by atoms with Crippen molar-refractivity contribution in [3.63, 3.8) is 0 Å². The van der Waals surface area contributed by atoms with Crippen molar-refractivity contribution in [3.8, 4) is 32.3 Å². The first-order valence-corrected chi connectivity index (χ1v) is 17.1. The van der Waals surface area contributed by atoms with Crippen molar-refractivity contribution in [2.45, 2.75) is 0 Å². The summed E-state index contributed by atoms with van der Waals surface area (Å²) < 4.78 is 2.39. The van der Waals surface area contributed by atoms with E-state index in [1.165, 1.54) is 9.40 Å². The third kappa shape index (κ3) is 5.23. The van der Waals surface area contributed by atoms with E-state index in [-0.39, 0.29) is 0 Å². The Bertz CT molecular complexity index is 2330. The summed E-state index contributed by atoms with van der Waals surface area (Å²) in [6, 6.07) is 53.2. The lowest BCUT2D eigenvalue weighted by molar-refractivity contribution is 1.28. The second-order valence-corrected chi connectivity index (χ2v) is 13.4. The molecule has 0 unspecified atom stereocenters. The summed E-state index contributed by atoms with van der Waals surface area (Å²) >= 11 is 3.45. The maximum Gasteiger partial charge on any atom is 0.124 e. The van der Waals surface area contributed by atoms with E-state index < -0.39 is 0 Å². The molecule has 6 heteroatoms. The Morgan fingerprint density at radius 2 is 0.851 bits per heavy atom. The number of thiazole rings is 2. The van der Waals surface area contributed by atoms with Gasteiger partial charge >= 0.3 is 0 Å². The molecule has 0 fully saturated rings. The molecule has 0 atom stereocenters. The highest BCUT2D eigenvalue weighted by Gasteiger charge is 2.15. The first-order valence-electron chi connectivity index (χ1n) is 15.4. The molecule has 0 radical (unpaired) electrons. The molecule has 0 spiro atoms. The normalized spacial score (nSPS) is 11.4. The highest BCUT2D eigenvalue weighted by atomic mass is 32.1. The molecular weight excluding hydrogens is 613 g/mol. The Hall–Kier alpha value is -5.69. The Balaban J connectivity index is 1.09. The number of hydrogen-bond donors (Lipinski definition) is 0. The van der Waals surface area contributed by atoms with Gasteiger partial charge in [0.05, 0.1) is 25.9 Å². The van der Waals surface area contributed by atoms with Crippen molar-refractivity contribution in [2.24, 2.45) is 0 Å². The molecule has 0 saturated heterocycles. The minimum Gasteiger partial charge on any atom is -0.311 e. The Kier molecular flexibility index (Phi) is 6.81. The average Bonchev–Trinajstić information content (AvgIpc) is 3.78. The Morgan fingerprint density at radius 1 is 0.404 bits per heavy atom. The zero-order chi connectivity index (χ0) is 31.2. The maximum absolute atomic E-state index is 4.88. The SMILES string of the molecule is c1ccc2ncc(-c3ccc(N(c4ccc(-c5nc6ccccc6s5)cc4)c4ccc(-c5nc6ccccc6s5)cc4)cc3)cc2c1. The molecule has 3 heterocycles. The maximum atomic E-state index is 4.88. The molecule has 0 aliphatic heterocycles. The molecule has 0 aliphatic rings. The monoisotopic (exact) mass is 638 g/mol. The van der Waals surface area contributed by atoms with Crippen LogP contribution in [0.5, 0.6) is 0 Å². The van der Waals surface area contributed by atoms with Crippen LogP contribution in [0.15, 0.2) is 158 Å². The third-order valence-electron chi connectivity index (χ3n) is 8.38. The number of nitrogens with zero attached hydrogens (tertiary/aromatic N) is 4. The highest BCUT2D eigenvalue weighted by molar-refractivity contribution is 7.22. The van der Waals surface area contributed by atoms with E-state index in [1.54, 1.807) is 22.7 Å². The summed E-state index contributed by atoms with van der Waals surface area (Å²) in [5.74, 6) is 0. The molecule has 222 valence electrons. The van der Waals surface area contributed by atoms with Crippen molar-refractivity contribution in [3.05, 3.63) is 158 Å². The molecule has 9 aromatic rings. The molecule has 4 nitrogen and oxygen atoms in total. The first-order chi connectivity index (χ1) is 23.2. The van der Waals surface area contributed by atoms with Crippen LogP contribution < -0.4 is 4.90 Å². The molecule has 3 aromatic heterocycles. The number of para-hydroxylation sites is 3. The summed E-state index contributed by atoms with van der Waals surface area (Å²) in [5, 5.41) is 3.19. The van der Waals surface area contributed by atoms with E-state index in [0.717, 1.165) is 71.3 Å². The first kappa shape index (κ1) is 27.6. The van der Waals surface area contributed by atoms with Crippen LogP contribution in [0.2, 0.25) is 0 Å². The van der Waals surface area contributed by atoms with Gasteiger partial charge in [-0.05, 0) is 103 Å². The van der Waals surface area contributed by atoms with Gasteiger partial charge in [-0.25, -0.2) is 9.97 Å². The van der Waals surface area contributed by atoms with E-state index in [9.17, 15) is 0 Å². The number of hydrogen-bond acceptors (Lipinski definition) is 6. The summed E-state index contributed by atoms with van der Waals surface area (Å²) in [6.07, 6.45) is 1.95. The summed E-state index contributed by atoms with van der Waals surface area (Å²) in [4.78, 5) is 16.7. The fourth-order valence-electron chi connectivity index (χ4n) is 5.98. The van der Waals surface area contributed by atoms with Crippen molar-refractivity contribution < 1.29 is 0 Å². The van der Waals surface area contributed by atoms with E-state index in [4.69, 9.17) is 9.97 Å². The minimum absolute atomic E-state index is 1.00. The van der Waals surface area contributed by atoms with Crippen LogP contribution in [0.3, 0.4) is 0 Å². The minimum atomic E-state index is 1.00.